The first-order valence-corrected chi connectivity index (χ1v) is 2.35. The molecule has 0 bridgehead atoms. The summed E-state index contributed by atoms with van der Waals surface area (Å²) in [7, 11) is 0.557. The lowest BCUT2D eigenvalue weighted by molar-refractivity contribution is 0.833. The van der Waals surface area contributed by atoms with Crippen LogP contribution < -0.4 is 0 Å². The van der Waals surface area contributed by atoms with Gasteiger partial charge in [0.15, 0.2) is 0 Å². The van der Waals surface area contributed by atoms with Gasteiger partial charge in [-0.1, -0.05) is 0 Å². The van der Waals surface area contributed by atoms with Crippen molar-refractivity contribution >= 4 is 14.6 Å². The van der Waals surface area contributed by atoms with Crippen LogP contribution in [0.15, 0.2) is 0 Å². The van der Waals surface area contributed by atoms with E-state index in [0.29, 0.717) is 9.13 Å². The molecule has 0 aliphatic carbocycles. The van der Waals surface area contributed by atoms with Crippen molar-refractivity contribution in [2.45, 2.75) is 6.04 Å². The third-order valence-corrected chi connectivity index (χ3v) is 0.931. The molecule has 0 aromatic heterocycles. The van der Waals surface area contributed by atoms with Crippen molar-refractivity contribution in [2.75, 3.05) is 0 Å². The lowest BCUT2D eigenvalue weighted by Crippen LogP contribution is -1.44. The average Bonchev–Trinajstić information content (AvgIpc) is 1.75. The van der Waals surface area contributed by atoms with Gasteiger partial charge in [-0.25, -0.2) is 4.39 Å². The Labute approximate surface area is 26.1 Å². The van der Waals surface area contributed by atoms with Crippen LogP contribution in [0.4, 0.5) is 4.39 Å². The molecule has 0 fully saturated rings. The van der Waals surface area contributed by atoms with E-state index in [1.807, 2.05) is 0 Å². The summed E-state index contributed by atoms with van der Waals surface area (Å²) in [6.07, 6.45) is 0. The minimum atomic E-state index is 0.194. The molecule has 21 valence electrons. The maximum atomic E-state index is 11.0. The van der Waals surface area contributed by atoms with Crippen LogP contribution in [0.3, 0.4) is 0 Å². The highest BCUT2D eigenvalue weighted by molar-refractivity contribution is 6.72. The molecule has 1 aliphatic heterocycles. The number of hydrogen-bond acceptors (Lipinski definition) is 0. The zero-order chi connectivity index (χ0) is 2.99. The first-order chi connectivity index (χ1) is 1.89. The molecule has 0 aromatic rings. The summed E-state index contributed by atoms with van der Waals surface area (Å²) >= 11 is 0. The van der Waals surface area contributed by atoms with Crippen molar-refractivity contribution in [3.05, 3.63) is 0 Å². The molecule has 0 saturated carbocycles. The maximum absolute atomic E-state index is 11.0. The van der Waals surface area contributed by atoms with Gasteiger partial charge in [-0.2, -0.15) is 0 Å². The Kier molecular flexibility index (Phi) is 0.276. The van der Waals surface area contributed by atoms with Crippen LogP contribution in [0.5, 0.6) is 0 Å². The largest absolute Gasteiger partial charge is 0.218 e. The molecule has 0 saturated heterocycles. The van der Waals surface area contributed by atoms with Gasteiger partial charge in [-0.3, -0.25) is 0 Å². The average molecular weight is 73.1 g/mol. The van der Waals surface area contributed by atoms with Gasteiger partial charge in [0.25, 0.3) is 0 Å². The summed E-state index contributed by atoms with van der Waals surface area (Å²) in [5, 5.41) is 0. The van der Waals surface area contributed by atoms with E-state index in [1.54, 1.807) is 0 Å². The van der Waals surface area contributed by atoms with E-state index in [9.17, 15) is 4.39 Å². The van der Waals surface area contributed by atoms with Gasteiger partial charge < -0.3 is 0 Å². The highest BCUT2D eigenvalue weighted by atomic mass is 28.2. The van der Waals surface area contributed by atoms with Gasteiger partial charge in [0.05, 0.1) is 14.6 Å². The molecule has 0 nitrogen and oxygen atoms in total. The molecule has 4 heavy (non-hydrogen) atoms. The first kappa shape index (κ1) is 2.27. The van der Waals surface area contributed by atoms with E-state index < -0.39 is 0 Å². The Hall–Kier alpha value is 0.0169. The SMILES string of the molecule is FC1=[Si]C1. The molecule has 1 heterocycles. The van der Waals surface area contributed by atoms with Crippen LogP contribution >= 0.6 is 0 Å². The summed E-state index contributed by atoms with van der Waals surface area (Å²) in [4.78, 5) is 0. The normalized spacial score (nSPS) is 19.8. The van der Waals surface area contributed by atoms with E-state index in [4.69, 9.17) is 0 Å². The zero-order valence-corrected chi connectivity index (χ0v) is 3.09. The summed E-state index contributed by atoms with van der Waals surface area (Å²) in [6.45, 7) is 0. The highest BCUT2D eigenvalue weighted by Crippen LogP contribution is 1.93. The maximum Gasteiger partial charge on any atom is 0.0741 e. The standard InChI is InChI=1S/C2H2FSi/c3-2-1-4-2/h1H2. The first-order valence-electron chi connectivity index (χ1n) is 1.15. The van der Waals surface area contributed by atoms with E-state index >= 15 is 0 Å². The summed E-state index contributed by atoms with van der Waals surface area (Å²) < 4.78 is 11.0. The molecule has 0 unspecified atom stereocenters. The van der Waals surface area contributed by atoms with Gasteiger partial charge in [0.2, 0.25) is 0 Å². The molecule has 0 atom stereocenters. The smallest absolute Gasteiger partial charge is 0.0741 e. The third-order valence-electron chi connectivity index (χ3n) is 0.310. The molecular formula is C2H2FSi. The number of hydrogen-bond donors (Lipinski definition) is 0. The van der Waals surface area contributed by atoms with Crippen molar-refractivity contribution in [3.8, 4) is 0 Å². The summed E-state index contributed by atoms with van der Waals surface area (Å²) in [5.41, 5.74) is 0.194. The van der Waals surface area contributed by atoms with Gasteiger partial charge in [0.1, 0.15) is 0 Å². The van der Waals surface area contributed by atoms with Gasteiger partial charge in [-0.15, -0.1) is 0 Å². The number of halogens is 1. The van der Waals surface area contributed by atoms with Crippen LogP contribution in [0.2, 0.25) is 6.04 Å². The Balaban J connectivity index is 2.54. The monoisotopic (exact) mass is 73.0 g/mol. The Morgan fingerprint density at radius 3 is 2.25 bits per heavy atom. The number of rotatable bonds is 0. The van der Waals surface area contributed by atoms with Crippen LogP contribution in [0.25, 0.3) is 0 Å². The van der Waals surface area contributed by atoms with E-state index in [2.05, 4.69) is 0 Å². The molecule has 0 aromatic carbocycles. The zero-order valence-electron chi connectivity index (χ0n) is 2.09. The molecule has 1 aliphatic rings. The minimum Gasteiger partial charge on any atom is -0.218 e. The van der Waals surface area contributed by atoms with Crippen molar-refractivity contribution < 1.29 is 4.39 Å². The summed E-state index contributed by atoms with van der Waals surface area (Å²) in [6, 6.07) is 0.764. The van der Waals surface area contributed by atoms with Crippen molar-refractivity contribution in [2.24, 2.45) is 0 Å². The molecule has 0 spiro atoms. The molecule has 0 N–H and O–H groups in total. The second-order valence-corrected chi connectivity index (χ2v) is 2.01. The van der Waals surface area contributed by atoms with E-state index in [-0.39, 0.29) is 5.42 Å². The fourth-order valence-corrected chi connectivity index (χ4v) is 0.100. The second kappa shape index (κ2) is 0.488. The third kappa shape index (κ3) is 0.229. The molecule has 1 rings (SSSR count). The van der Waals surface area contributed by atoms with E-state index in [0.717, 1.165) is 6.04 Å². The molecule has 2 heteroatoms. The van der Waals surface area contributed by atoms with Crippen LogP contribution in [-0.2, 0) is 0 Å². The van der Waals surface area contributed by atoms with Gasteiger partial charge in [-0.05, 0) is 0 Å². The van der Waals surface area contributed by atoms with Crippen molar-refractivity contribution in [1.82, 2.24) is 0 Å². The van der Waals surface area contributed by atoms with E-state index in [1.165, 1.54) is 0 Å². The predicted octanol–water partition coefficient (Wildman–Crippen LogP) is 0.222. The van der Waals surface area contributed by atoms with Crippen LogP contribution in [0.1, 0.15) is 0 Å². The Morgan fingerprint density at radius 2 is 2.25 bits per heavy atom. The quantitative estimate of drug-likeness (QED) is 0.360. The lowest BCUT2D eigenvalue weighted by Gasteiger charge is -1.44. The Bertz CT molecular complexity index is 57.1. The topological polar surface area (TPSA) is 0 Å². The predicted molar refractivity (Wildman–Crippen MR) is 16.7 cm³/mol. The van der Waals surface area contributed by atoms with Crippen molar-refractivity contribution in [3.63, 3.8) is 0 Å². The Morgan fingerprint density at radius 1 is 2.00 bits per heavy atom. The second-order valence-electron chi connectivity index (χ2n) is 0.758. The minimum absolute atomic E-state index is 0.194. The summed E-state index contributed by atoms with van der Waals surface area (Å²) in [5.74, 6) is 0. The fraction of sp³-hybridized carbons (Fsp3) is 0.500. The van der Waals surface area contributed by atoms with Crippen LogP contribution in [-0.4, -0.2) is 14.6 Å². The molecule has 1 radical (unpaired) electrons. The van der Waals surface area contributed by atoms with Gasteiger partial charge >= 0.3 is 0 Å². The van der Waals surface area contributed by atoms with Gasteiger partial charge in [0, 0.05) is 6.04 Å². The lowest BCUT2D eigenvalue weighted by atomic mass is 10.9. The molecular weight excluding hydrogens is 71.1 g/mol. The van der Waals surface area contributed by atoms with Crippen LogP contribution in [0, 0.1) is 0 Å². The molecule has 0 amide bonds. The fourth-order valence-electron chi connectivity index (χ4n) is 0.0334. The highest BCUT2D eigenvalue weighted by Gasteiger charge is 2.02. The van der Waals surface area contributed by atoms with Crippen molar-refractivity contribution in [1.29, 1.82) is 0 Å².